The molecule has 0 spiro atoms. The van der Waals surface area contributed by atoms with Crippen LogP contribution in [-0.4, -0.2) is 42.6 Å². The number of alkyl halides is 1. The summed E-state index contributed by atoms with van der Waals surface area (Å²) in [6.45, 7) is 1.96. The molecule has 1 aliphatic rings. The molecule has 0 radical (unpaired) electrons. The van der Waals surface area contributed by atoms with E-state index >= 15 is 0 Å². The van der Waals surface area contributed by atoms with Crippen LogP contribution in [0.15, 0.2) is 6.07 Å². The minimum atomic E-state index is 0.541. The lowest BCUT2D eigenvalue weighted by atomic mass is 9.99. The van der Waals surface area contributed by atoms with Gasteiger partial charge in [-0.1, -0.05) is 15.9 Å². The molecule has 2 rings (SSSR count). The van der Waals surface area contributed by atoms with Gasteiger partial charge in [-0.25, -0.2) is 0 Å². The minimum absolute atomic E-state index is 0.541. The van der Waals surface area contributed by atoms with Crippen molar-refractivity contribution in [2.45, 2.75) is 12.8 Å². The first-order valence-corrected chi connectivity index (χ1v) is 7.17. The van der Waals surface area contributed by atoms with Gasteiger partial charge in [0.25, 0.3) is 0 Å². The Labute approximate surface area is 116 Å². The van der Waals surface area contributed by atoms with Crippen LogP contribution in [0, 0.1) is 5.92 Å². The van der Waals surface area contributed by atoms with Gasteiger partial charge in [0.05, 0.1) is 20.3 Å². The molecule has 1 aliphatic heterocycles. The van der Waals surface area contributed by atoms with Crippen LogP contribution in [0.25, 0.3) is 0 Å². The first-order chi connectivity index (χ1) is 8.76. The summed E-state index contributed by atoms with van der Waals surface area (Å²) < 4.78 is 10.3. The SMILES string of the molecule is COc1cc(OC)nc(N2CCC(CBr)CC2)n1. The van der Waals surface area contributed by atoms with Crippen molar-refractivity contribution >= 4 is 21.9 Å². The number of halogens is 1. The number of ether oxygens (including phenoxy) is 2. The molecule has 5 nitrogen and oxygen atoms in total. The van der Waals surface area contributed by atoms with Crippen LogP contribution in [0.5, 0.6) is 11.8 Å². The standard InChI is InChI=1S/C12H18BrN3O2/c1-17-10-7-11(18-2)15-12(14-10)16-5-3-9(8-13)4-6-16/h7,9H,3-6,8H2,1-2H3. The Morgan fingerprint density at radius 2 is 1.78 bits per heavy atom. The van der Waals surface area contributed by atoms with Gasteiger partial charge in [0.2, 0.25) is 17.7 Å². The topological polar surface area (TPSA) is 47.5 Å². The van der Waals surface area contributed by atoms with E-state index in [1.54, 1.807) is 20.3 Å². The average molecular weight is 316 g/mol. The summed E-state index contributed by atoms with van der Waals surface area (Å²) in [5.74, 6) is 2.53. The van der Waals surface area contributed by atoms with Crippen LogP contribution in [0.2, 0.25) is 0 Å². The zero-order valence-electron chi connectivity index (χ0n) is 10.7. The van der Waals surface area contributed by atoms with E-state index in [-0.39, 0.29) is 0 Å². The predicted octanol–water partition coefficient (Wildman–Crippen LogP) is 2.11. The number of hydrogen-bond donors (Lipinski definition) is 0. The summed E-state index contributed by atoms with van der Waals surface area (Å²) in [5, 5.41) is 1.07. The van der Waals surface area contributed by atoms with Gasteiger partial charge in [-0.3, -0.25) is 0 Å². The Balaban J connectivity index is 2.13. The van der Waals surface area contributed by atoms with Crippen LogP contribution >= 0.6 is 15.9 Å². The van der Waals surface area contributed by atoms with E-state index in [2.05, 4.69) is 30.8 Å². The van der Waals surface area contributed by atoms with Crippen molar-refractivity contribution in [3.8, 4) is 11.8 Å². The second kappa shape index (κ2) is 6.22. The zero-order valence-corrected chi connectivity index (χ0v) is 12.3. The molecule has 2 heterocycles. The third-order valence-electron chi connectivity index (χ3n) is 3.20. The van der Waals surface area contributed by atoms with Crippen molar-refractivity contribution in [2.24, 2.45) is 5.92 Å². The Morgan fingerprint density at radius 1 is 1.22 bits per heavy atom. The summed E-state index contributed by atoms with van der Waals surface area (Å²) in [4.78, 5) is 10.9. The van der Waals surface area contributed by atoms with Crippen LogP contribution < -0.4 is 14.4 Å². The molecule has 0 bridgehead atoms. The highest BCUT2D eigenvalue weighted by Crippen LogP contribution is 2.25. The largest absolute Gasteiger partial charge is 0.481 e. The van der Waals surface area contributed by atoms with Crippen LogP contribution in [-0.2, 0) is 0 Å². The summed E-state index contributed by atoms with van der Waals surface area (Å²) in [5.41, 5.74) is 0. The maximum absolute atomic E-state index is 5.17. The van der Waals surface area contributed by atoms with E-state index < -0.39 is 0 Å². The third-order valence-corrected chi connectivity index (χ3v) is 4.12. The molecule has 0 N–H and O–H groups in total. The molecule has 18 heavy (non-hydrogen) atoms. The number of aromatic nitrogens is 2. The van der Waals surface area contributed by atoms with Crippen molar-refractivity contribution in [3.63, 3.8) is 0 Å². The van der Waals surface area contributed by atoms with Gasteiger partial charge in [0, 0.05) is 18.4 Å². The Morgan fingerprint density at radius 3 is 2.22 bits per heavy atom. The molecular formula is C12H18BrN3O2. The number of anilines is 1. The lowest BCUT2D eigenvalue weighted by Crippen LogP contribution is -2.35. The van der Waals surface area contributed by atoms with E-state index in [9.17, 15) is 0 Å². The number of piperidine rings is 1. The average Bonchev–Trinajstić information content (AvgIpc) is 2.46. The van der Waals surface area contributed by atoms with Crippen molar-refractivity contribution in [1.82, 2.24) is 9.97 Å². The van der Waals surface area contributed by atoms with E-state index in [0.29, 0.717) is 17.7 Å². The molecule has 1 aromatic heterocycles. The minimum Gasteiger partial charge on any atom is -0.481 e. The lowest BCUT2D eigenvalue weighted by molar-refractivity contribution is 0.369. The highest BCUT2D eigenvalue weighted by atomic mass is 79.9. The Hall–Kier alpha value is -1.04. The molecule has 0 amide bonds. The van der Waals surface area contributed by atoms with Crippen molar-refractivity contribution in [3.05, 3.63) is 6.07 Å². The fraction of sp³-hybridized carbons (Fsp3) is 0.667. The first kappa shape index (κ1) is 13.4. The molecule has 1 saturated heterocycles. The number of nitrogens with zero attached hydrogens (tertiary/aromatic N) is 3. The second-order valence-electron chi connectivity index (χ2n) is 4.34. The number of methoxy groups -OCH3 is 2. The van der Waals surface area contributed by atoms with Gasteiger partial charge in [-0.2, -0.15) is 9.97 Å². The van der Waals surface area contributed by atoms with E-state index in [1.165, 1.54) is 0 Å². The van der Waals surface area contributed by atoms with E-state index in [0.717, 1.165) is 37.2 Å². The van der Waals surface area contributed by atoms with E-state index in [4.69, 9.17) is 9.47 Å². The van der Waals surface area contributed by atoms with Crippen molar-refractivity contribution in [2.75, 3.05) is 37.5 Å². The molecule has 1 aromatic rings. The predicted molar refractivity (Wildman–Crippen MR) is 73.9 cm³/mol. The summed E-state index contributed by atoms with van der Waals surface area (Å²) >= 11 is 3.54. The monoisotopic (exact) mass is 315 g/mol. The summed E-state index contributed by atoms with van der Waals surface area (Å²) in [7, 11) is 3.20. The van der Waals surface area contributed by atoms with Crippen LogP contribution in [0.4, 0.5) is 5.95 Å². The zero-order chi connectivity index (χ0) is 13.0. The normalized spacial score (nSPS) is 16.7. The molecule has 0 aliphatic carbocycles. The van der Waals surface area contributed by atoms with Gasteiger partial charge in [-0.15, -0.1) is 0 Å². The molecule has 0 unspecified atom stereocenters. The van der Waals surface area contributed by atoms with Gasteiger partial charge < -0.3 is 14.4 Å². The first-order valence-electron chi connectivity index (χ1n) is 6.04. The fourth-order valence-electron chi connectivity index (χ4n) is 2.03. The summed E-state index contributed by atoms with van der Waals surface area (Å²) in [6.07, 6.45) is 2.32. The molecule has 0 atom stereocenters. The van der Waals surface area contributed by atoms with Gasteiger partial charge in [-0.05, 0) is 18.8 Å². The highest BCUT2D eigenvalue weighted by molar-refractivity contribution is 9.09. The molecule has 6 heteroatoms. The summed E-state index contributed by atoms with van der Waals surface area (Å²) in [6, 6.07) is 1.69. The lowest BCUT2D eigenvalue weighted by Gasteiger charge is -2.31. The highest BCUT2D eigenvalue weighted by Gasteiger charge is 2.21. The number of hydrogen-bond acceptors (Lipinski definition) is 5. The molecule has 1 fully saturated rings. The van der Waals surface area contributed by atoms with Crippen LogP contribution in [0.1, 0.15) is 12.8 Å². The molecule has 0 saturated carbocycles. The van der Waals surface area contributed by atoms with Gasteiger partial charge in [0.15, 0.2) is 0 Å². The molecule has 0 aromatic carbocycles. The van der Waals surface area contributed by atoms with Crippen molar-refractivity contribution < 1.29 is 9.47 Å². The fourth-order valence-corrected chi connectivity index (χ4v) is 2.68. The maximum atomic E-state index is 5.17. The second-order valence-corrected chi connectivity index (χ2v) is 4.98. The quantitative estimate of drug-likeness (QED) is 0.796. The van der Waals surface area contributed by atoms with Crippen LogP contribution in [0.3, 0.4) is 0 Å². The smallest absolute Gasteiger partial charge is 0.231 e. The van der Waals surface area contributed by atoms with Crippen molar-refractivity contribution in [1.29, 1.82) is 0 Å². The van der Waals surface area contributed by atoms with Gasteiger partial charge >= 0.3 is 0 Å². The molecular weight excluding hydrogens is 298 g/mol. The van der Waals surface area contributed by atoms with Gasteiger partial charge in [0.1, 0.15) is 0 Å². The van der Waals surface area contributed by atoms with E-state index in [1.807, 2.05) is 0 Å². The third kappa shape index (κ3) is 3.04. The number of rotatable bonds is 4. The maximum Gasteiger partial charge on any atom is 0.231 e. The Bertz CT molecular complexity index is 373. The molecule has 100 valence electrons. The Kier molecular flexibility index (Phi) is 4.63.